The van der Waals surface area contributed by atoms with Crippen molar-refractivity contribution in [3.63, 3.8) is 0 Å². The lowest BCUT2D eigenvalue weighted by Gasteiger charge is -2.10. The van der Waals surface area contributed by atoms with Gasteiger partial charge in [-0.3, -0.25) is 4.79 Å². The van der Waals surface area contributed by atoms with E-state index in [2.05, 4.69) is 4.98 Å². The highest BCUT2D eigenvalue weighted by Crippen LogP contribution is 2.33. The van der Waals surface area contributed by atoms with Gasteiger partial charge in [-0.1, -0.05) is 12.8 Å². The lowest BCUT2D eigenvalue weighted by atomic mass is 9.95. The first-order valence-corrected chi connectivity index (χ1v) is 4.97. The lowest BCUT2D eigenvalue weighted by molar-refractivity contribution is 0.705. The summed E-state index contributed by atoms with van der Waals surface area (Å²) in [5.74, 6) is 0.518. The average molecular weight is 177 g/mol. The van der Waals surface area contributed by atoms with Crippen LogP contribution in [0.3, 0.4) is 0 Å². The number of nitrogens with one attached hydrogen (secondary N) is 1. The third kappa shape index (κ3) is 1.53. The molecule has 70 valence electrons. The molecule has 0 amide bonds. The van der Waals surface area contributed by atoms with E-state index in [1.54, 1.807) is 6.20 Å². The molecular weight excluding hydrogens is 162 g/mol. The van der Waals surface area contributed by atoms with Crippen molar-refractivity contribution in [1.29, 1.82) is 0 Å². The van der Waals surface area contributed by atoms with Gasteiger partial charge in [0.05, 0.1) is 0 Å². The van der Waals surface area contributed by atoms with Crippen molar-refractivity contribution in [3.05, 3.63) is 33.7 Å². The zero-order chi connectivity index (χ0) is 9.26. The van der Waals surface area contributed by atoms with Gasteiger partial charge < -0.3 is 4.98 Å². The molecule has 0 aliphatic heterocycles. The number of H-pyrrole nitrogens is 1. The van der Waals surface area contributed by atoms with Gasteiger partial charge in [0.2, 0.25) is 0 Å². The Bertz CT molecular complexity index is 347. The highest BCUT2D eigenvalue weighted by atomic mass is 16.1. The molecule has 0 bridgehead atoms. The van der Waals surface area contributed by atoms with E-state index in [4.69, 9.17) is 0 Å². The van der Waals surface area contributed by atoms with Crippen molar-refractivity contribution < 1.29 is 0 Å². The van der Waals surface area contributed by atoms with E-state index in [1.807, 2.05) is 13.0 Å². The van der Waals surface area contributed by atoms with E-state index in [1.165, 1.54) is 25.7 Å². The summed E-state index contributed by atoms with van der Waals surface area (Å²) in [5.41, 5.74) is 2.29. The molecule has 0 aromatic carbocycles. The fraction of sp³-hybridized carbons (Fsp3) is 0.545. The standard InChI is InChI=1S/C11H15NO/c1-8-6-7-12-11(13)10(8)9-4-2-3-5-9/h6-7,9H,2-5H2,1H3,(H,12,13). The third-order valence-corrected chi connectivity index (χ3v) is 2.98. The van der Waals surface area contributed by atoms with Crippen LogP contribution in [0.25, 0.3) is 0 Å². The van der Waals surface area contributed by atoms with Crippen LogP contribution in [0.5, 0.6) is 0 Å². The Morgan fingerprint density at radius 3 is 2.69 bits per heavy atom. The van der Waals surface area contributed by atoms with E-state index in [-0.39, 0.29) is 5.56 Å². The van der Waals surface area contributed by atoms with Crippen LogP contribution in [0.4, 0.5) is 0 Å². The minimum absolute atomic E-state index is 0.118. The van der Waals surface area contributed by atoms with Gasteiger partial charge >= 0.3 is 0 Å². The van der Waals surface area contributed by atoms with Crippen molar-refractivity contribution in [2.24, 2.45) is 0 Å². The Morgan fingerprint density at radius 2 is 2.08 bits per heavy atom. The van der Waals surface area contributed by atoms with Gasteiger partial charge in [0.1, 0.15) is 0 Å². The fourth-order valence-electron chi connectivity index (χ4n) is 2.31. The maximum absolute atomic E-state index is 11.6. The van der Waals surface area contributed by atoms with Gasteiger partial charge in [0.25, 0.3) is 5.56 Å². The van der Waals surface area contributed by atoms with Crippen LogP contribution < -0.4 is 5.56 Å². The van der Waals surface area contributed by atoms with E-state index in [9.17, 15) is 4.79 Å². The fourth-order valence-corrected chi connectivity index (χ4v) is 2.31. The van der Waals surface area contributed by atoms with Crippen molar-refractivity contribution >= 4 is 0 Å². The highest BCUT2D eigenvalue weighted by Gasteiger charge is 2.20. The van der Waals surface area contributed by atoms with Crippen LogP contribution in [-0.4, -0.2) is 4.98 Å². The Kier molecular flexibility index (Phi) is 2.21. The number of aromatic nitrogens is 1. The topological polar surface area (TPSA) is 32.9 Å². The van der Waals surface area contributed by atoms with E-state index in [0.29, 0.717) is 5.92 Å². The van der Waals surface area contributed by atoms with Crippen molar-refractivity contribution in [3.8, 4) is 0 Å². The second-order valence-corrected chi connectivity index (χ2v) is 3.88. The van der Waals surface area contributed by atoms with Gasteiger partial charge in [-0.05, 0) is 37.3 Å². The number of pyridine rings is 1. The zero-order valence-corrected chi connectivity index (χ0v) is 7.97. The summed E-state index contributed by atoms with van der Waals surface area (Å²) in [6, 6.07) is 2.00. The molecule has 0 spiro atoms. The molecule has 2 rings (SSSR count). The summed E-state index contributed by atoms with van der Waals surface area (Å²) >= 11 is 0. The first kappa shape index (κ1) is 8.54. The molecule has 0 atom stereocenters. The largest absolute Gasteiger partial charge is 0.329 e. The first-order valence-electron chi connectivity index (χ1n) is 4.97. The summed E-state index contributed by atoms with van der Waals surface area (Å²) in [6.07, 6.45) is 6.66. The van der Waals surface area contributed by atoms with Crippen LogP contribution in [0.1, 0.15) is 42.7 Å². The quantitative estimate of drug-likeness (QED) is 0.701. The van der Waals surface area contributed by atoms with Gasteiger partial charge in [-0.15, -0.1) is 0 Å². The van der Waals surface area contributed by atoms with Gasteiger partial charge in [0.15, 0.2) is 0 Å². The SMILES string of the molecule is Cc1cc[nH]c(=O)c1C1CCCC1. The van der Waals surface area contributed by atoms with Crippen molar-refractivity contribution in [2.75, 3.05) is 0 Å². The van der Waals surface area contributed by atoms with E-state index in [0.717, 1.165) is 11.1 Å². The van der Waals surface area contributed by atoms with Gasteiger partial charge in [-0.25, -0.2) is 0 Å². The Balaban J connectivity index is 2.43. The monoisotopic (exact) mass is 177 g/mol. The molecule has 1 saturated carbocycles. The Morgan fingerprint density at radius 1 is 1.38 bits per heavy atom. The number of aromatic amines is 1. The smallest absolute Gasteiger partial charge is 0.251 e. The number of aryl methyl sites for hydroxylation is 1. The second-order valence-electron chi connectivity index (χ2n) is 3.88. The molecule has 0 unspecified atom stereocenters. The van der Waals surface area contributed by atoms with Crippen LogP contribution in [0.2, 0.25) is 0 Å². The highest BCUT2D eigenvalue weighted by molar-refractivity contribution is 5.26. The molecule has 1 aliphatic rings. The molecule has 1 heterocycles. The maximum Gasteiger partial charge on any atom is 0.251 e. The molecule has 1 aliphatic carbocycles. The molecule has 2 nitrogen and oxygen atoms in total. The zero-order valence-electron chi connectivity index (χ0n) is 7.97. The van der Waals surface area contributed by atoms with Gasteiger partial charge in [-0.2, -0.15) is 0 Å². The first-order chi connectivity index (χ1) is 6.29. The van der Waals surface area contributed by atoms with Crippen LogP contribution in [-0.2, 0) is 0 Å². The minimum Gasteiger partial charge on any atom is -0.329 e. The molecular formula is C11H15NO. The lowest BCUT2D eigenvalue weighted by Crippen LogP contribution is -2.16. The number of hydrogen-bond acceptors (Lipinski definition) is 1. The second kappa shape index (κ2) is 3.36. The molecule has 1 N–H and O–H groups in total. The average Bonchev–Trinajstić information content (AvgIpc) is 2.57. The number of rotatable bonds is 1. The van der Waals surface area contributed by atoms with E-state index >= 15 is 0 Å². The number of hydrogen-bond donors (Lipinski definition) is 1. The minimum atomic E-state index is 0.118. The molecule has 2 heteroatoms. The third-order valence-electron chi connectivity index (χ3n) is 2.98. The summed E-state index contributed by atoms with van der Waals surface area (Å²) in [5, 5.41) is 0. The van der Waals surface area contributed by atoms with Crippen molar-refractivity contribution in [2.45, 2.75) is 38.5 Å². The predicted octanol–water partition coefficient (Wildman–Crippen LogP) is 2.34. The van der Waals surface area contributed by atoms with Crippen LogP contribution in [0.15, 0.2) is 17.1 Å². The molecule has 13 heavy (non-hydrogen) atoms. The summed E-state index contributed by atoms with van der Waals surface area (Å²) in [4.78, 5) is 14.3. The van der Waals surface area contributed by atoms with Gasteiger partial charge in [0, 0.05) is 11.8 Å². The maximum atomic E-state index is 11.6. The Labute approximate surface area is 78.0 Å². The Hall–Kier alpha value is -1.05. The molecule has 1 aromatic heterocycles. The molecule has 1 fully saturated rings. The molecule has 1 aromatic rings. The molecule has 0 radical (unpaired) electrons. The summed E-state index contributed by atoms with van der Waals surface area (Å²) < 4.78 is 0. The van der Waals surface area contributed by atoms with Crippen LogP contribution >= 0.6 is 0 Å². The van der Waals surface area contributed by atoms with Crippen molar-refractivity contribution in [1.82, 2.24) is 4.98 Å². The summed E-state index contributed by atoms with van der Waals surface area (Å²) in [7, 11) is 0. The predicted molar refractivity (Wildman–Crippen MR) is 53.0 cm³/mol. The van der Waals surface area contributed by atoms with E-state index < -0.39 is 0 Å². The summed E-state index contributed by atoms with van der Waals surface area (Å²) in [6.45, 7) is 2.03. The van der Waals surface area contributed by atoms with Crippen LogP contribution in [0, 0.1) is 6.92 Å². The molecule has 0 saturated heterocycles. The normalized spacial score (nSPS) is 17.9.